The third-order valence-corrected chi connectivity index (χ3v) is 2.75. The van der Waals surface area contributed by atoms with Gasteiger partial charge in [0, 0.05) is 0 Å². The SMILES string of the molecule is CCCCCCCC=CC=CC=CC=CC=C(O)C(=O)O. The molecule has 0 saturated carbocycles. The van der Waals surface area contributed by atoms with Crippen LogP contribution in [0.2, 0.25) is 0 Å². The summed E-state index contributed by atoms with van der Waals surface area (Å²) < 4.78 is 0. The number of aliphatic hydroxyl groups is 1. The summed E-state index contributed by atoms with van der Waals surface area (Å²) in [4.78, 5) is 10.3. The molecule has 0 spiro atoms. The van der Waals surface area contributed by atoms with Crippen LogP contribution >= 0.6 is 0 Å². The normalized spacial score (nSPS) is 13.3. The van der Waals surface area contributed by atoms with Crippen LogP contribution in [0, 0.1) is 0 Å². The van der Waals surface area contributed by atoms with E-state index >= 15 is 0 Å². The number of carboxylic acid groups (broad SMARTS) is 1. The number of unbranched alkanes of at least 4 members (excludes halogenated alkanes) is 5. The van der Waals surface area contributed by atoms with Crippen LogP contribution in [0.5, 0.6) is 0 Å². The molecule has 0 aliphatic rings. The van der Waals surface area contributed by atoms with Gasteiger partial charge in [-0.3, -0.25) is 0 Å². The Morgan fingerprint density at radius 3 is 2.00 bits per heavy atom. The van der Waals surface area contributed by atoms with Crippen molar-refractivity contribution < 1.29 is 15.0 Å². The molecule has 3 nitrogen and oxygen atoms in total. The number of carbonyl (C=O) groups is 1. The minimum atomic E-state index is -1.33. The predicted octanol–water partition coefficient (Wildman–Crippen LogP) is 5.10. The molecule has 0 atom stereocenters. The van der Waals surface area contributed by atoms with E-state index in [-0.39, 0.29) is 0 Å². The van der Waals surface area contributed by atoms with E-state index in [1.807, 2.05) is 24.3 Å². The molecule has 0 aromatic carbocycles. The zero-order chi connectivity index (χ0) is 15.8. The Bertz CT molecular complexity index is 412. The highest BCUT2D eigenvalue weighted by molar-refractivity contribution is 5.83. The molecule has 21 heavy (non-hydrogen) atoms. The third-order valence-electron chi connectivity index (χ3n) is 2.75. The van der Waals surface area contributed by atoms with Crippen molar-refractivity contribution in [1.29, 1.82) is 0 Å². The lowest BCUT2D eigenvalue weighted by Crippen LogP contribution is -1.97. The van der Waals surface area contributed by atoms with Gasteiger partial charge < -0.3 is 10.2 Å². The number of hydrogen-bond acceptors (Lipinski definition) is 2. The van der Waals surface area contributed by atoms with Crippen LogP contribution in [0.15, 0.2) is 60.4 Å². The molecule has 0 bridgehead atoms. The van der Waals surface area contributed by atoms with Gasteiger partial charge in [0.2, 0.25) is 5.76 Å². The summed E-state index contributed by atoms with van der Waals surface area (Å²) >= 11 is 0. The van der Waals surface area contributed by atoms with Crippen molar-refractivity contribution in [2.45, 2.75) is 45.4 Å². The first-order chi connectivity index (χ1) is 10.2. The van der Waals surface area contributed by atoms with E-state index in [0.29, 0.717) is 0 Å². The second-order valence-corrected chi connectivity index (χ2v) is 4.64. The number of aliphatic carboxylic acids is 1. The molecule has 0 aromatic heterocycles. The van der Waals surface area contributed by atoms with Crippen LogP contribution in [0.3, 0.4) is 0 Å². The number of allylic oxidation sites excluding steroid dienone is 9. The highest BCUT2D eigenvalue weighted by atomic mass is 16.4. The fourth-order valence-corrected chi connectivity index (χ4v) is 1.58. The van der Waals surface area contributed by atoms with Gasteiger partial charge >= 0.3 is 5.97 Å². The summed E-state index contributed by atoms with van der Waals surface area (Å²) in [5.74, 6) is -2.00. The van der Waals surface area contributed by atoms with E-state index in [4.69, 9.17) is 10.2 Å². The van der Waals surface area contributed by atoms with Crippen molar-refractivity contribution in [2.75, 3.05) is 0 Å². The monoisotopic (exact) mass is 290 g/mol. The second-order valence-electron chi connectivity index (χ2n) is 4.64. The largest absolute Gasteiger partial charge is 0.502 e. The Balaban J connectivity index is 3.71. The van der Waals surface area contributed by atoms with Crippen molar-refractivity contribution in [3.63, 3.8) is 0 Å². The smallest absolute Gasteiger partial charge is 0.370 e. The minimum absolute atomic E-state index is 0.669. The molecular formula is C18H26O3. The lowest BCUT2D eigenvalue weighted by Gasteiger charge is -1.95. The number of rotatable bonds is 11. The van der Waals surface area contributed by atoms with Crippen molar-refractivity contribution in [2.24, 2.45) is 0 Å². The summed E-state index contributed by atoms with van der Waals surface area (Å²) in [5.41, 5.74) is 0. The van der Waals surface area contributed by atoms with Gasteiger partial charge in [0.15, 0.2) is 0 Å². The lowest BCUT2D eigenvalue weighted by atomic mass is 10.1. The van der Waals surface area contributed by atoms with Gasteiger partial charge in [0.05, 0.1) is 0 Å². The maximum Gasteiger partial charge on any atom is 0.370 e. The van der Waals surface area contributed by atoms with Gasteiger partial charge in [-0.25, -0.2) is 4.79 Å². The zero-order valence-electron chi connectivity index (χ0n) is 12.7. The molecule has 0 rings (SSSR count). The van der Waals surface area contributed by atoms with Gasteiger partial charge in [0.1, 0.15) is 0 Å². The highest BCUT2D eigenvalue weighted by Gasteiger charge is 1.99. The van der Waals surface area contributed by atoms with Crippen LogP contribution < -0.4 is 0 Å². The Hall–Kier alpha value is -2.03. The molecule has 0 fully saturated rings. The summed E-state index contributed by atoms with van der Waals surface area (Å²) in [6.45, 7) is 2.22. The Morgan fingerprint density at radius 1 is 0.810 bits per heavy atom. The minimum Gasteiger partial charge on any atom is -0.502 e. The molecule has 0 heterocycles. The molecule has 0 aliphatic carbocycles. The predicted molar refractivity (Wildman–Crippen MR) is 88.3 cm³/mol. The van der Waals surface area contributed by atoms with E-state index in [0.717, 1.165) is 12.5 Å². The quantitative estimate of drug-likeness (QED) is 0.241. The Labute approximate surface area is 127 Å². The maximum absolute atomic E-state index is 10.3. The standard InChI is InChI=1S/C18H26O3/c1-2-3-4-5-6-7-8-9-10-11-12-13-14-15-16-17(19)18(20)21/h8-16,19H,2-7H2,1H3,(H,20,21). The lowest BCUT2D eigenvalue weighted by molar-refractivity contribution is -0.135. The van der Waals surface area contributed by atoms with Gasteiger partial charge in [0.25, 0.3) is 0 Å². The molecule has 0 aliphatic heterocycles. The molecule has 0 amide bonds. The van der Waals surface area contributed by atoms with Crippen LogP contribution in [-0.4, -0.2) is 16.2 Å². The van der Waals surface area contributed by atoms with Gasteiger partial charge in [-0.05, 0) is 18.9 Å². The average molecular weight is 290 g/mol. The third kappa shape index (κ3) is 14.2. The first-order valence-electron chi connectivity index (χ1n) is 7.47. The van der Waals surface area contributed by atoms with Crippen LogP contribution in [0.4, 0.5) is 0 Å². The first-order valence-corrected chi connectivity index (χ1v) is 7.47. The number of hydrogen-bond donors (Lipinski definition) is 2. The summed E-state index contributed by atoms with van der Waals surface area (Å²) in [6, 6.07) is 0. The second kappa shape index (κ2) is 14.4. The summed E-state index contributed by atoms with van der Waals surface area (Å²) in [7, 11) is 0. The van der Waals surface area contributed by atoms with Crippen molar-refractivity contribution in [1.82, 2.24) is 0 Å². The van der Waals surface area contributed by atoms with Crippen molar-refractivity contribution in [3.05, 3.63) is 60.4 Å². The molecule has 2 N–H and O–H groups in total. The van der Waals surface area contributed by atoms with Gasteiger partial charge in [-0.15, -0.1) is 0 Å². The molecule has 0 unspecified atom stereocenters. The fraction of sp³-hybridized carbons (Fsp3) is 0.389. The maximum atomic E-state index is 10.3. The zero-order valence-corrected chi connectivity index (χ0v) is 12.7. The molecule has 0 radical (unpaired) electrons. The molecular weight excluding hydrogens is 264 g/mol. The summed E-state index contributed by atoms with van der Waals surface area (Å²) in [5, 5.41) is 17.3. The Kier molecular flexibility index (Phi) is 13.0. The Morgan fingerprint density at radius 2 is 1.38 bits per heavy atom. The van der Waals surface area contributed by atoms with E-state index in [1.165, 1.54) is 38.2 Å². The van der Waals surface area contributed by atoms with E-state index in [1.54, 1.807) is 12.2 Å². The molecule has 0 aromatic rings. The number of carboxylic acids is 1. The van der Waals surface area contributed by atoms with Crippen LogP contribution in [0.1, 0.15) is 45.4 Å². The van der Waals surface area contributed by atoms with E-state index in [9.17, 15) is 4.79 Å². The van der Waals surface area contributed by atoms with E-state index < -0.39 is 11.7 Å². The summed E-state index contributed by atoms with van der Waals surface area (Å²) in [6.07, 6.45) is 23.6. The average Bonchev–Trinajstić information content (AvgIpc) is 2.47. The first kappa shape index (κ1) is 19.0. The van der Waals surface area contributed by atoms with Crippen molar-refractivity contribution >= 4 is 5.97 Å². The highest BCUT2D eigenvalue weighted by Crippen LogP contribution is 2.05. The fourth-order valence-electron chi connectivity index (χ4n) is 1.58. The molecule has 3 heteroatoms. The number of aliphatic hydroxyl groups excluding tert-OH is 1. The van der Waals surface area contributed by atoms with Crippen molar-refractivity contribution in [3.8, 4) is 0 Å². The molecule has 116 valence electrons. The van der Waals surface area contributed by atoms with Gasteiger partial charge in [-0.1, -0.05) is 81.2 Å². The van der Waals surface area contributed by atoms with Gasteiger partial charge in [-0.2, -0.15) is 0 Å². The van der Waals surface area contributed by atoms with Crippen LogP contribution in [-0.2, 0) is 4.79 Å². The topological polar surface area (TPSA) is 57.5 Å². The van der Waals surface area contributed by atoms with E-state index in [2.05, 4.69) is 13.0 Å². The molecule has 0 saturated heterocycles. The van der Waals surface area contributed by atoms with Crippen LogP contribution in [0.25, 0.3) is 0 Å².